The lowest BCUT2D eigenvalue weighted by Crippen LogP contribution is -2.29. The van der Waals surface area contributed by atoms with Crippen LogP contribution in [0.15, 0.2) is 121 Å². The Kier molecular flexibility index (Phi) is 25.6. The molecule has 6 aromatic heterocycles. The van der Waals surface area contributed by atoms with Crippen molar-refractivity contribution in [2.75, 3.05) is 0 Å². The van der Waals surface area contributed by atoms with Crippen molar-refractivity contribution in [2.24, 2.45) is 11.8 Å². The first-order valence-corrected chi connectivity index (χ1v) is 45.1. The average molecular weight is 1500 g/mol. The number of halogens is 2. The quantitative estimate of drug-likeness (QED) is 0.0283. The van der Waals surface area contributed by atoms with Gasteiger partial charge in [-0.2, -0.15) is 0 Å². The summed E-state index contributed by atoms with van der Waals surface area (Å²) in [7, 11) is 0. The summed E-state index contributed by atoms with van der Waals surface area (Å²) in [5, 5.41) is 2.18. The van der Waals surface area contributed by atoms with Gasteiger partial charge >= 0.3 is 0 Å². The van der Waals surface area contributed by atoms with Crippen molar-refractivity contribution in [3.8, 4) is 40.4 Å². The van der Waals surface area contributed by atoms with E-state index >= 15 is 8.78 Å². The van der Waals surface area contributed by atoms with Gasteiger partial charge in [-0.3, -0.25) is 9.59 Å². The molecule has 6 heterocycles. The number of carbonyl (C=O) groups is 2. The molecule has 13 rings (SSSR count). The fourth-order valence-corrected chi connectivity index (χ4v) is 25.4. The van der Waals surface area contributed by atoms with E-state index in [1.165, 1.54) is 81.3 Å². The van der Waals surface area contributed by atoms with E-state index in [4.69, 9.17) is 0 Å². The first-order valence-electron chi connectivity index (χ1n) is 40.2. The van der Waals surface area contributed by atoms with Crippen LogP contribution in [0.25, 0.3) is 60.6 Å². The summed E-state index contributed by atoms with van der Waals surface area (Å²) in [6, 6.07) is 46.1. The molecule has 0 amide bonds. The van der Waals surface area contributed by atoms with Crippen molar-refractivity contribution >= 4 is 101 Å². The van der Waals surface area contributed by atoms with E-state index in [-0.39, 0.29) is 11.6 Å². The molecule has 0 saturated carbocycles. The number of benzene rings is 5. The maximum atomic E-state index is 18.3. The zero-order valence-electron chi connectivity index (χ0n) is 63.1. The fourth-order valence-electron chi connectivity index (χ4n) is 17.7. The molecule has 0 N–H and O–H groups in total. The minimum Gasteiger partial charge on any atom is -0.297 e. The van der Waals surface area contributed by atoms with Gasteiger partial charge < -0.3 is 0 Å². The topological polar surface area (TPSA) is 34.1 Å². The van der Waals surface area contributed by atoms with Gasteiger partial charge in [0, 0.05) is 50.8 Å². The summed E-state index contributed by atoms with van der Waals surface area (Å²) in [4.78, 5) is 36.8. The van der Waals surface area contributed by atoms with Crippen molar-refractivity contribution < 1.29 is 18.4 Å². The number of fused-ring (bicyclic) bond motifs is 10. The summed E-state index contributed by atoms with van der Waals surface area (Å²) in [6.45, 7) is 18.2. The number of aryl methyl sites for hydroxylation is 4. The molecule has 546 valence electrons. The van der Waals surface area contributed by atoms with Crippen LogP contribution in [0.2, 0.25) is 0 Å². The minimum atomic E-state index is -0.941. The first kappa shape index (κ1) is 76.2. The zero-order valence-corrected chi connectivity index (χ0v) is 68.0. The molecule has 2 aliphatic rings. The van der Waals surface area contributed by atoms with Gasteiger partial charge in [-0.15, -0.1) is 68.0 Å². The maximum absolute atomic E-state index is 18.3. The highest BCUT2D eigenvalue weighted by molar-refractivity contribution is 7.30. The molecular formula is C94H108F2O2S6. The van der Waals surface area contributed by atoms with E-state index in [2.05, 4.69) is 165 Å². The van der Waals surface area contributed by atoms with Crippen LogP contribution in [0.3, 0.4) is 0 Å². The van der Waals surface area contributed by atoms with Crippen molar-refractivity contribution in [1.82, 2.24) is 0 Å². The molecule has 0 fully saturated rings. The van der Waals surface area contributed by atoms with E-state index in [0.717, 1.165) is 248 Å². The Morgan fingerprint density at radius 1 is 0.365 bits per heavy atom. The molecule has 104 heavy (non-hydrogen) atoms. The van der Waals surface area contributed by atoms with E-state index < -0.39 is 10.8 Å². The van der Waals surface area contributed by atoms with Gasteiger partial charge in [-0.1, -0.05) is 281 Å². The second kappa shape index (κ2) is 34.9. The standard InChI is InChI=1S/C94H108F2O2S6/c1-9-17-23-27-37-63-41-31-45-67(49-63)93(68-46-32-42-64(50-68)38-28-24-18-10-2)73-55-71(59-97)99-87(73)91-85(93)83-81(79-57-75(95)77(101-79)53-61(15-7)35-21-13-5)90-84(82(89(83)103-91)80-58-76(96)78(102-80)54-62(16-8)36-22-14-6)86-92(104-90)88-74(56-72(60-98)100-88)94(86,69-47-33-43-65(51-69)39-29-25-19-11-3)70-48-34-44-66(52-70)40-30-26-20-12-4/h31-34,41-52,55-62H,9-30,35-40,53-54H2,1-8H3. The van der Waals surface area contributed by atoms with Gasteiger partial charge in [0.15, 0.2) is 12.6 Å². The molecular weight excluding hydrogens is 1390 g/mol. The van der Waals surface area contributed by atoms with Crippen LogP contribution < -0.4 is 0 Å². The van der Waals surface area contributed by atoms with Crippen molar-refractivity contribution in [1.29, 1.82) is 0 Å². The average Bonchev–Trinajstić information content (AvgIpc) is 1.48. The van der Waals surface area contributed by atoms with Gasteiger partial charge in [0.1, 0.15) is 11.6 Å². The molecule has 0 radical (unpaired) electrons. The van der Waals surface area contributed by atoms with E-state index in [1.54, 1.807) is 45.3 Å². The van der Waals surface area contributed by atoms with E-state index in [1.807, 2.05) is 34.8 Å². The Hall–Kier alpha value is -5.98. The molecule has 10 heteroatoms. The normalized spacial score (nSPS) is 14.0. The number of aldehydes is 2. The smallest absolute Gasteiger partial charge is 0.160 e. The van der Waals surface area contributed by atoms with Crippen molar-refractivity contribution in [3.63, 3.8) is 0 Å². The molecule has 2 aliphatic carbocycles. The summed E-state index contributed by atoms with van der Waals surface area (Å²) in [5.74, 6) is 0.370. The Bertz CT molecular complexity index is 4350. The molecule has 0 saturated heterocycles. The molecule has 2 atom stereocenters. The second-order valence-corrected chi connectivity index (χ2v) is 36.8. The Balaban J connectivity index is 1.24. The molecule has 0 bridgehead atoms. The van der Waals surface area contributed by atoms with Crippen LogP contribution in [-0.4, -0.2) is 12.6 Å². The molecule has 0 aliphatic heterocycles. The van der Waals surface area contributed by atoms with E-state index in [0.29, 0.717) is 34.4 Å². The van der Waals surface area contributed by atoms with Crippen molar-refractivity contribution in [2.45, 2.75) is 259 Å². The SMILES string of the molecule is CCCCCCc1cccc(C2(c3cccc(CCCCCC)c3)c3cc(C=O)sc3-c3sc4c(-c5cc(F)c(CC(CC)CCCC)s5)c5c6c(sc5c(-c5cc(F)c(CC(CC)CCCC)s5)c4c32)-c2sc(C=O)cc2C6(c2cccc(CCCCCC)c2)c2cccc(CCCCCC)c2)c1. The Labute approximate surface area is 644 Å². The number of carbonyl (C=O) groups excluding carboxylic acids is 2. The van der Waals surface area contributed by atoms with Crippen LogP contribution in [0.4, 0.5) is 8.78 Å². The lowest BCUT2D eigenvalue weighted by molar-refractivity contribution is 0.111. The third-order valence-electron chi connectivity index (χ3n) is 23.2. The summed E-state index contributed by atoms with van der Waals surface area (Å²) in [6.07, 6.45) is 34.1. The van der Waals surface area contributed by atoms with Gasteiger partial charge in [0.25, 0.3) is 0 Å². The molecule has 11 aromatic rings. The van der Waals surface area contributed by atoms with Crippen LogP contribution in [-0.2, 0) is 49.4 Å². The maximum Gasteiger partial charge on any atom is 0.160 e. The highest BCUT2D eigenvalue weighted by atomic mass is 32.1. The predicted octanol–water partition coefficient (Wildman–Crippen LogP) is 30.3. The lowest BCUT2D eigenvalue weighted by Gasteiger charge is -2.35. The fraction of sp³-hybridized carbons (Fsp3) is 0.447. The monoisotopic (exact) mass is 1500 g/mol. The molecule has 2 unspecified atom stereocenters. The Morgan fingerprint density at radius 3 is 0.990 bits per heavy atom. The second-order valence-electron chi connectivity index (χ2n) is 30.3. The summed E-state index contributed by atoms with van der Waals surface area (Å²) >= 11 is 10.2. The molecule has 0 spiro atoms. The van der Waals surface area contributed by atoms with E-state index in [9.17, 15) is 9.59 Å². The third-order valence-corrected chi connectivity index (χ3v) is 30.4. The number of hydrogen-bond acceptors (Lipinski definition) is 8. The molecule has 2 nitrogen and oxygen atoms in total. The number of rotatable bonds is 40. The number of thiophene rings is 6. The minimum absolute atomic E-state index is 0.149. The van der Waals surface area contributed by atoms with Crippen molar-refractivity contribution in [3.05, 3.63) is 219 Å². The van der Waals surface area contributed by atoms with Gasteiger partial charge in [0.05, 0.1) is 40.1 Å². The van der Waals surface area contributed by atoms with Crippen LogP contribution in [0.1, 0.15) is 305 Å². The van der Waals surface area contributed by atoms with Gasteiger partial charge in [-0.05, 0) is 167 Å². The van der Waals surface area contributed by atoms with Gasteiger partial charge in [0.2, 0.25) is 0 Å². The Morgan fingerprint density at radius 2 is 0.692 bits per heavy atom. The first-order chi connectivity index (χ1) is 50.9. The zero-order chi connectivity index (χ0) is 72.5. The largest absolute Gasteiger partial charge is 0.297 e. The van der Waals surface area contributed by atoms with Gasteiger partial charge in [-0.25, -0.2) is 8.78 Å². The highest BCUT2D eigenvalue weighted by Gasteiger charge is 2.54. The lowest BCUT2D eigenvalue weighted by atomic mass is 9.65. The number of unbranched alkanes of at least 4 members (excludes halogenated alkanes) is 14. The van der Waals surface area contributed by atoms with Crippen LogP contribution in [0, 0.1) is 23.5 Å². The van der Waals surface area contributed by atoms with Crippen LogP contribution >= 0.6 is 68.0 Å². The highest BCUT2D eigenvalue weighted by Crippen LogP contribution is 2.71. The number of hydrogen-bond donors (Lipinski definition) is 0. The predicted molar refractivity (Wildman–Crippen MR) is 450 cm³/mol. The summed E-state index contributed by atoms with van der Waals surface area (Å²) in [5.41, 5.74) is 14.6. The summed E-state index contributed by atoms with van der Waals surface area (Å²) < 4.78 is 38.7. The third kappa shape index (κ3) is 14.8. The molecule has 5 aromatic carbocycles. The van der Waals surface area contributed by atoms with Crippen LogP contribution in [0.5, 0.6) is 0 Å².